The van der Waals surface area contributed by atoms with Gasteiger partial charge in [-0.1, -0.05) is 12.1 Å². The van der Waals surface area contributed by atoms with Gasteiger partial charge in [-0.25, -0.2) is 8.78 Å². The van der Waals surface area contributed by atoms with E-state index in [1.807, 2.05) is 31.0 Å². The Morgan fingerprint density at radius 1 is 1.36 bits per heavy atom. The lowest BCUT2D eigenvalue weighted by molar-refractivity contribution is 0.468. The largest absolute Gasteiger partial charge is 0.367 e. The minimum atomic E-state index is -0.816. The fraction of sp³-hybridized carbons (Fsp3) is 0.500. The number of aryl methyl sites for hydroxylation is 1. The lowest BCUT2D eigenvalue weighted by Gasteiger charge is -2.34. The Kier molecular flexibility index (Phi) is 6.84. The van der Waals surface area contributed by atoms with E-state index < -0.39 is 11.6 Å². The van der Waals surface area contributed by atoms with Gasteiger partial charge in [-0.3, -0.25) is 9.67 Å². The van der Waals surface area contributed by atoms with Crippen molar-refractivity contribution in [3.63, 3.8) is 0 Å². The number of nitrogens with one attached hydrogen (secondary N) is 2. The minimum absolute atomic E-state index is 0.262. The Morgan fingerprint density at radius 2 is 2.21 bits per heavy atom. The number of hydrogen-bond acceptors (Lipinski definition) is 3. The maximum atomic E-state index is 13.8. The van der Waals surface area contributed by atoms with Crippen molar-refractivity contribution in [2.24, 2.45) is 12.0 Å². The molecule has 0 amide bonds. The first kappa shape index (κ1) is 20.1. The summed E-state index contributed by atoms with van der Waals surface area (Å²) in [6, 6.07) is 4.51. The summed E-state index contributed by atoms with van der Waals surface area (Å²) in [6.45, 7) is 5.01. The van der Waals surface area contributed by atoms with Gasteiger partial charge in [0.2, 0.25) is 0 Å². The first-order valence-corrected chi connectivity index (χ1v) is 9.78. The van der Waals surface area contributed by atoms with Crippen LogP contribution in [0.3, 0.4) is 0 Å². The molecule has 0 radical (unpaired) electrons. The van der Waals surface area contributed by atoms with Crippen LogP contribution >= 0.6 is 0 Å². The predicted molar refractivity (Wildman–Crippen MR) is 108 cm³/mol. The van der Waals surface area contributed by atoms with Crippen LogP contribution in [0.5, 0.6) is 0 Å². The molecule has 1 aromatic carbocycles. The van der Waals surface area contributed by atoms with E-state index in [0.29, 0.717) is 24.5 Å². The molecule has 2 heterocycles. The monoisotopic (exact) mass is 390 g/mol. The van der Waals surface area contributed by atoms with Gasteiger partial charge < -0.3 is 15.5 Å². The van der Waals surface area contributed by atoms with Crippen molar-refractivity contribution in [1.82, 2.24) is 20.4 Å². The quantitative estimate of drug-likeness (QED) is 0.588. The summed E-state index contributed by atoms with van der Waals surface area (Å²) in [5, 5.41) is 11.0. The standard InChI is InChI=1S/C20H28F2N6/c1-3-23-20(24-10-9-15-6-4-8-18(21)19(15)22)26-16-7-5-11-28(13-16)17-12-25-27(2)14-17/h4,6,8,12,14,16H,3,5,7,9-11,13H2,1-2H3,(H2,23,24,26). The van der Waals surface area contributed by atoms with E-state index in [4.69, 9.17) is 0 Å². The molecule has 6 nitrogen and oxygen atoms in total. The number of anilines is 1. The van der Waals surface area contributed by atoms with Crippen LogP contribution in [0.4, 0.5) is 14.5 Å². The molecular formula is C20H28F2N6. The van der Waals surface area contributed by atoms with Crippen molar-refractivity contribution in [2.45, 2.75) is 32.2 Å². The summed E-state index contributed by atoms with van der Waals surface area (Å²) >= 11 is 0. The SMILES string of the molecule is CCNC(=NCCc1cccc(F)c1F)NC1CCCN(c2cnn(C)c2)C1. The fourth-order valence-corrected chi connectivity index (χ4v) is 3.44. The van der Waals surface area contributed by atoms with Crippen molar-refractivity contribution in [3.05, 3.63) is 47.8 Å². The highest BCUT2D eigenvalue weighted by Gasteiger charge is 2.21. The van der Waals surface area contributed by atoms with Gasteiger partial charge in [0, 0.05) is 45.5 Å². The topological polar surface area (TPSA) is 57.5 Å². The van der Waals surface area contributed by atoms with Gasteiger partial charge in [0.1, 0.15) is 0 Å². The van der Waals surface area contributed by atoms with E-state index in [0.717, 1.165) is 44.2 Å². The average molecular weight is 390 g/mol. The van der Waals surface area contributed by atoms with E-state index in [1.54, 1.807) is 6.07 Å². The van der Waals surface area contributed by atoms with Crippen LogP contribution < -0.4 is 15.5 Å². The van der Waals surface area contributed by atoms with Crippen LogP contribution in [0.1, 0.15) is 25.3 Å². The number of piperidine rings is 1. The molecule has 1 atom stereocenters. The maximum absolute atomic E-state index is 13.8. The van der Waals surface area contributed by atoms with Crippen molar-refractivity contribution in [2.75, 3.05) is 31.1 Å². The van der Waals surface area contributed by atoms with Crippen LogP contribution in [-0.2, 0) is 13.5 Å². The highest BCUT2D eigenvalue weighted by atomic mass is 19.2. The Hall–Kier alpha value is -2.64. The third-order valence-corrected chi connectivity index (χ3v) is 4.85. The molecule has 0 spiro atoms. The Morgan fingerprint density at radius 3 is 2.96 bits per heavy atom. The number of aromatic nitrogens is 2. The molecule has 1 unspecified atom stereocenters. The van der Waals surface area contributed by atoms with Crippen LogP contribution in [-0.4, -0.2) is 48.0 Å². The van der Waals surface area contributed by atoms with Gasteiger partial charge >= 0.3 is 0 Å². The van der Waals surface area contributed by atoms with Crippen molar-refractivity contribution < 1.29 is 8.78 Å². The number of benzene rings is 1. The highest BCUT2D eigenvalue weighted by molar-refractivity contribution is 5.80. The zero-order valence-electron chi connectivity index (χ0n) is 16.5. The zero-order valence-corrected chi connectivity index (χ0v) is 16.5. The van der Waals surface area contributed by atoms with E-state index in [9.17, 15) is 8.78 Å². The zero-order chi connectivity index (χ0) is 19.9. The molecule has 1 aliphatic heterocycles. The van der Waals surface area contributed by atoms with E-state index in [2.05, 4.69) is 25.6 Å². The molecule has 3 rings (SSSR count). The molecule has 0 saturated carbocycles. The van der Waals surface area contributed by atoms with Crippen molar-refractivity contribution >= 4 is 11.6 Å². The summed E-state index contributed by atoms with van der Waals surface area (Å²) < 4.78 is 28.9. The van der Waals surface area contributed by atoms with Gasteiger partial charge in [0.05, 0.1) is 11.9 Å². The normalized spacial score (nSPS) is 17.6. The molecule has 28 heavy (non-hydrogen) atoms. The predicted octanol–water partition coefficient (Wildman–Crippen LogP) is 2.46. The third kappa shape index (κ3) is 5.21. The highest BCUT2D eigenvalue weighted by Crippen LogP contribution is 2.19. The molecule has 0 bridgehead atoms. The van der Waals surface area contributed by atoms with Crippen LogP contribution in [0.25, 0.3) is 0 Å². The summed E-state index contributed by atoms with van der Waals surface area (Å²) in [6.07, 6.45) is 6.40. The van der Waals surface area contributed by atoms with Crippen molar-refractivity contribution in [1.29, 1.82) is 0 Å². The molecule has 1 aliphatic rings. The fourth-order valence-electron chi connectivity index (χ4n) is 3.44. The molecule has 1 saturated heterocycles. The number of halogens is 2. The first-order valence-electron chi connectivity index (χ1n) is 9.78. The average Bonchev–Trinajstić information content (AvgIpc) is 3.12. The number of guanidine groups is 1. The van der Waals surface area contributed by atoms with Gasteiger partial charge in [-0.15, -0.1) is 0 Å². The lowest BCUT2D eigenvalue weighted by atomic mass is 10.1. The third-order valence-electron chi connectivity index (χ3n) is 4.85. The first-order chi connectivity index (χ1) is 13.6. The Labute approximate surface area is 164 Å². The molecule has 1 aromatic heterocycles. The minimum Gasteiger partial charge on any atom is -0.367 e. The molecule has 152 valence electrons. The number of rotatable bonds is 6. The summed E-state index contributed by atoms with van der Waals surface area (Å²) in [7, 11) is 1.92. The second-order valence-electron chi connectivity index (χ2n) is 7.03. The molecule has 2 aromatic rings. The van der Waals surface area contributed by atoms with E-state index >= 15 is 0 Å². The second kappa shape index (κ2) is 9.52. The second-order valence-corrected chi connectivity index (χ2v) is 7.03. The molecule has 1 fully saturated rings. The molecular weight excluding hydrogens is 362 g/mol. The summed E-state index contributed by atoms with van der Waals surface area (Å²) in [5.41, 5.74) is 1.47. The molecule has 2 N–H and O–H groups in total. The number of nitrogens with zero attached hydrogens (tertiary/aromatic N) is 4. The van der Waals surface area contributed by atoms with E-state index in [-0.39, 0.29) is 6.04 Å². The van der Waals surface area contributed by atoms with Crippen molar-refractivity contribution in [3.8, 4) is 0 Å². The smallest absolute Gasteiger partial charge is 0.191 e. The number of hydrogen-bond donors (Lipinski definition) is 2. The lowest BCUT2D eigenvalue weighted by Crippen LogP contribution is -2.51. The van der Waals surface area contributed by atoms with Crippen LogP contribution in [0.15, 0.2) is 35.6 Å². The van der Waals surface area contributed by atoms with E-state index in [1.165, 1.54) is 6.07 Å². The van der Waals surface area contributed by atoms with Gasteiger partial charge in [-0.05, 0) is 37.8 Å². The maximum Gasteiger partial charge on any atom is 0.191 e. The number of aliphatic imine (C=N–C) groups is 1. The van der Waals surface area contributed by atoms with Crippen LogP contribution in [0, 0.1) is 11.6 Å². The molecule has 8 heteroatoms. The molecule has 0 aliphatic carbocycles. The summed E-state index contributed by atoms with van der Waals surface area (Å²) in [5.74, 6) is -0.892. The van der Waals surface area contributed by atoms with Gasteiger partial charge in [0.15, 0.2) is 17.6 Å². The van der Waals surface area contributed by atoms with Crippen LogP contribution in [0.2, 0.25) is 0 Å². The van der Waals surface area contributed by atoms with Gasteiger partial charge in [0.25, 0.3) is 0 Å². The summed E-state index contributed by atoms with van der Waals surface area (Å²) in [4.78, 5) is 6.87. The Bertz CT molecular complexity index is 804. The van der Waals surface area contributed by atoms with Gasteiger partial charge in [-0.2, -0.15) is 5.10 Å². The Balaban J connectivity index is 1.58.